The maximum absolute atomic E-state index is 10.7. The summed E-state index contributed by atoms with van der Waals surface area (Å²) in [5, 5.41) is 14.2. The summed E-state index contributed by atoms with van der Waals surface area (Å²) < 4.78 is 5.94. The smallest absolute Gasteiger partial charge is 0.131 e. The fourth-order valence-corrected chi connectivity index (χ4v) is 2.98. The Balaban J connectivity index is 0.00000192. The van der Waals surface area contributed by atoms with Crippen molar-refractivity contribution in [2.75, 3.05) is 6.54 Å². The van der Waals surface area contributed by atoms with Gasteiger partial charge in [-0.2, -0.15) is 0 Å². The first kappa shape index (κ1) is 17.8. The second-order valence-electron chi connectivity index (χ2n) is 6.36. The van der Waals surface area contributed by atoms with E-state index in [4.69, 9.17) is 4.74 Å². The second-order valence-corrected chi connectivity index (χ2v) is 6.36. The van der Waals surface area contributed by atoms with E-state index in [9.17, 15) is 5.11 Å². The quantitative estimate of drug-likeness (QED) is 0.899. The van der Waals surface area contributed by atoms with Crippen LogP contribution in [0, 0.1) is 0 Å². The monoisotopic (exact) mass is 333 g/mol. The molecule has 0 spiro atoms. The summed E-state index contributed by atoms with van der Waals surface area (Å²) in [4.78, 5) is 0. The van der Waals surface area contributed by atoms with Crippen molar-refractivity contribution < 1.29 is 9.84 Å². The van der Waals surface area contributed by atoms with Crippen molar-refractivity contribution in [3.8, 4) is 5.75 Å². The van der Waals surface area contributed by atoms with Gasteiger partial charge in [-0.1, -0.05) is 48.5 Å². The van der Waals surface area contributed by atoms with Gasteiger partial charge in [0.2, 0.25) is 0 Å². The first-order chi connectivity index (χ1) is 10.6. The number of halogens is 1. The number of fused-ring (bicyclic) bond motifs is 1. The molecule has 0 fully saturated rings. The molecular formula is C19H24ClNO2. The molecule has 0 aromatic heterocycles. The average molecular weight is 334 g/mol. The van der Waals surface area contributed by atoms with Crippen LogP contribution in [0.15, 0.2) is 54.6 Å². The first-order valence-corrected chi connectivity index (χ1v) is 7.81. The Kier molecular flexibility index (Phi) is 5.69. The van der Waals surface area contributed by atoms with Crippen LogP contribution in [-0.4, -0.2) is 23.4 Å². The Morgan fingerprint density at radius 2 is 1.70 bits per heavy atom. The van der Waals surface area contributed by atoms with Crippen LogP contribution in [0.1, 0.15) is 31.0 Å². The molecule has 0 amide bonds. The molecule has 3 nitrogen and oxygen atoms in total. The molecule has 3 rings (SSSR count). The van der Waals surface area contributed by atoms with Crippen molar-refractivity contribution in [3.05, 3.63) is 65.7 Å². The van der Waals surface area contributed by atoms with Crippen LogP contribution in [0.5, 0.6) is 5.75 Å². The van der Waals surface area contributed by atoms with Gasteiger partial charge >= 0.3 is 0 Å². The van der Waals surface area contributed by atoms with E-state index in [1.54, 1.807) is 0 Å². The lowest BCUT2D eigenvalue weighted by atomic mass is 9.86. The molecule has 0 saturated carbocycles. The molecule has 2 atom stereocenters. The summed E-state index contributed by atoms with van der Waals surface area (Å²) in [6, 6.07) is 18.2. The highest BCUT2D eigenvalue weighted by atomic mass is 35.5. The summed E-state index contributed by atoms with van der Waals surface area (Å²) in [5.41, 5.74) is 1.73. The van der Waals surface area contributed by atoms with E-state index in [2.05, 4.69) is 29.6 Å². The average Bonchev–Trinajstić information content (AvgIpc) is 2.52. The highest BCUT2D eigenvalue weighted by Gasteiger charge is 2.42. The minimum Gasteiger partial charge on any atom is -0.485 e. The normalized spacial score (nSPS) is 21.7. The largest absolute Gasteiger partial charge is 0.485 e. The summed E-state index contributed by atoms with van der Waals surface area (Å²) >= 11 is 0. The van der Waals surface area contributed by atoms with Gasteiger partial charge in [0.1, 0.15) is 17.5 Å². The molecule has 2 N–H and O–H groups in total. The Hall–Kier alpha value is -1.55. The number of nitrogens with one attached hydrogen (secondary N) is 1. The zero-order chi connectivity index (χ0) is 15.6. The topological polar surface area (TPSA) is 41.5 Å². The van der Waals surface area contributed by atoms with E-state index in [-0.39, 0.29) is 18.4 Å². The Bertz CT molecular complexity index is 630. The number of benzene rings is 2. The van der Waals surface area contributed by atoms with E-state index in [0.717, 1.165) is 24.3 Å². The second kappa shape index (κ2) is 7.35. The number of aliphatic hydroxyl groups is 1. The molecule has 4 heteroatoms. The van der Waals surface area contributed by atoms with Crippen LogP contribution in [0.2, 0.25) is 0 Å². The van der Waals surface area contributed by atoms with E-state index in [0.29, 0.717) is 0 Å². The van der Waals surface area contributed by atoms with Crippen LogP contribution in [0.4, 0.5) is 0 Å². The number of aliphatic hydroxyl groups excluding tert-OH is 1. The minimum absolute atomic E-state index is 0. The highest BCUT2D eigenvalue weighted by Crippen LogP contribution is 2.39. The lowest BCUT2D eigenvalue weighted by Crippen LogP contribution is -2.52. The third-order valence-electron chi connectivity index (χ3n) is 4.28. The van der Waals surface area contributed by atoms with Crippen molar-refractivity contribution in [3.63, 3.8) is 0 Å². The Morgan fingerprint density at radius 3 is 2.43 bits per heavy atom. The van der Waals surface area contributed by atoms with Crippen LogP contribution in [0.25, 0.3) is 0 Å². The van der Waals surface area contributed by atoms with Gasteiger partial charge in [-0.25, -0.2) is 0 Å². The van der Waals surface area contributed by atoms with Crippen LogP contribution >= 0.6 is 12.4 Å². The van der Waals surface area contributed by atoms with Gasteiger partial charge in [-0.15, -0.1) is 12.4 Å². The van der Waals surface area contributed by atoms with Gasteiger partial charge in [0, 0.05) is 5.56 Å². The Morgan fingerprint density at radius 1 is 1.04 bits per heavy atom. The van der Waals surface area contributed by atoms with Crippen LogP contribution in [-0.2, 0) is 6.42 Å². The summed E-state index contributed by atoms with van der Waals surface area (Å²) in [7, 11) is 0. The molecule has 2 aromatic rings. The highest BCUT2D eigenvalue weighted by molar-refractivity contribution is 5.85. The molecule has 1 aliphatic heterocycles. The predicted molar refractivity (Wildman–Crippen MR) is 95.3 cm³/mol. The molecule has 2 aromatic carbocycles. The number of para-hydroxylation sites is 1. The lowest BCUT2D eigenvalue weighted by Gasteiger charge is -2.42. The van der Waals surface area contributed by atoms with Crippen molar-refractivity contribution in [1.29, 1.82) is 0 Å². The lowest BCUT2D eigenvalue weighted by molar-refractivity contribution is -0.0643. The number of hydrogen-bond donors (Lipinski definition) is 2. The third-order valence-corrected chi connectivity index (χ3v) is 4.28. The molecule has 0 bridgehead atoms. The van der Waals surface area contributed by atoms with Crippen LogP contribution in [0.3, 0.4) is 0 Å². The molecule has 0 saturated heterocycles. The zero-order valence-electron chi connectivity index (χ0n) is 13.5. The molecule has 0 aliphatic carbocycles. The molecular weight excluding hydrogens is 310 g/mol. The molecule has 1 heterocycles. The number of hydrogen-bond acceptors (Lipinski definition) is 3. The van der Waals surface area contributed by atoms with Gasteiger partial charge in [0.05, 0.1) is 6.04 Å². The third kappa shape index (κ3) is 3.86. The van der Waals surface area contributed by atoms with E-state index >= 15 is 0 Å². The molecule has 0 radical (unpaired) electrons. The van der Waals surface area contributed by atoms with Crippen LogP contribution < -0.4 is 10.1 Å². The number of rotatable bonds is 4. The van der Waals surface area contributed by atoms with Crippen molar-refractivity contribution in [1.82, 2.24) is 5.32 Å². The molecule has 23 heavy (non-hydrogen) atoms. The summed E-state index contributed by atoms with van der Waals surface area (Å²) in [5.74, 6) is 0.856. The zero-order valence-corrected chi connectivity index (χ0v) is 14.3. The van der Waals surface area contributed by atoms with Gasteiger partial charge in [0.25, 0.3) is 0 Å². The maximum atomic E-state index is 10.7. The van der Waals surface area contributed by atoms with E-state index in [1.165, 1.54) is 5.56 Å². The SMILES string of the molecule is CC1(C)Oc2ccccc2C(NCCc2ccccc2)C1O.Cl. The van der Waals surface area contributed by atoms with E-state index in [1.807, 2.05) is 44.2 Å². The Labute approximate surface area is 144 Å². The summed E-state index contributed by atoms with van der Waals surface area (Å²) in [6.07, 6.45) is 0.353. The standard InChI is InChI=1S/C19H23NO2.ClH/c1-19(2)18(21)17(15-10-6-7-11-16(15)22-19)20-13-12-14-8-4-3-5-9-14;/h3-11,17-18,20-21H,12-13H2,1-2H3;1H. The van der Waals surface area contributed by atoms with Crippen molar-refractivity contribution in [2.45, 2.75) is 38.0 Å². The van der Waals surface area contributed by atoms with Crippen molar-refractivity contribution in [2.24, 2.45) is 0 Å². The van der Waals surface area contributed by atoms with E-state index < -0.39 is 11.7 Å². The predicted octanol–water partition coefficient (Wildman–Crippen LogP) is 3.51. The molecule has 2 unspecified atom stereocenters. The first-order valence-electron chi connectivity index (χ1n) is 7.81. The fourth-order valence-electron chi connectivity index (χ4n) is 2.98. The van der Waals surface area contributed by atoms with Gasteiger partial charge in [0.15, 0.2) is 0 Å². The maximum Gasteiger partial charge on any atom is 0.131 e. The van der Waals surface area contributed by atoms with Gasteiger partial charge in [-0.3, -0.25) is 0 Å². The molecule has 1 aliphatic rings. The van der Waals surface area contributed by atoms with Crippen molar-refractivity contribution >= 4 is 12.4 Å². The van der Waals surface area contributed by atoms with Gasteiger partial charge in [-0.05, 0) is 38.4 Å². The molecule has 124 valence electrons. The summed E-state index contributed by atoms with van der Waals surface area (Å²) in [6.45, 7) is 4.68. The number of ether oxygens (including phenoxy) is 1. The fraction of sp³-hybridized carbons (Fsp3) is 0.368. The minimum atomic E-state index is -0.598. The van der Waals surface area contributed by atoms with Gasteiger partial charge < -0.3 is 15.2 Å².